The molecule has 0 amide bonds. The highest BCUT2D eigenvalue weighted by atomic mass is 15.2. The van der Waals surface area contributed by atoms with Crippen LogP contribution < -0.4 is 10.6 Å². The van der Waals surface area contributed by atoms with E-state index in [9.17, 15) is 0 Å². The lowest BCUT2D eigenvalue weighted by atomic mass is 10.1. The maximum atomic E-state index is 3.56. The molecule has 0 saturated carbocycles. The van der Waals surface area contributed by atoms with Crippen molar-refractivity contribution in [1.82, 2.24) is 15.5 Å². The minimum atomic E-state index is 0.965. The Morgan fingerprint density at radius 1 is 1.00 bits per heavy atom. The highest BCUT2D eigenvalue weighted by molar-refractivity contribution is 5.82. The number of nitrogens with one attached hydrogen (secondary N) is 2. The largest absolute Gasteiger partial charge is 0.314 e. The summed E-state index contributed by atoms with van der Waals surface area (Å²) in [4.78, 5) is 2.55. The van der Waals surface area contributed by atoms with E-state index in [1.54, 1.807) is 0 Å². The number of benzene rings is 2. The molecule has 1 fully saturated rings. The number of hydrogen-bond donors (Lipinski definition) is 2. The average Bonchev–Trinajstić information content (AvgIpc) is 2.55. The van der Waals surface area contributed by atoms with E-state index in [0.717, 1.165) is 26.2 Å². The molecule has 1 saturated heterocycles. The van der Waals surface area contributed by atoms with E-state index in [2.05, 4.69) is 58.0 Å². The van der Waals surface area contributed by atoms with Gasteiger partial charge in [-0.25, -0.2) is 0 Å². The van der Waals surface area contributed by atoms with Gasteiger partial charge in [-0.05, 0) is 41.9 Å². The molecule has 0 unspecified atom stereocenters. The minimum absolute atomic E-state index is 0.965. The number of rotatable bonds is 6. The molecule has 2 aromatic carbocycles. The molecule has 112 valence electrons. The smallest absolute Gasteiger partial charge is 0.0205 e. The maximum Gasteiger partial charge on any atom is 0.0205 e. The van der Waals surface area contributed by atoms with Crippen LogP contribution in [0.1, 0.15) is 12.0 Å². The summed E-state index contributed by atoms with van der Waals surface area (Å²) in [6.45, 7) is 7.96. The van der Waals surface area contributed by atoms with Crippen LogP contribution >= 0.6 is 0 Å². The molecule has 0 radical (unpaired) electrons. The first-order chi connectivity index (χ1) is 10.4. The van der Waals surface area contributed by atoms with Gasteiger partial charge in [0.15, 0.2) is 0 Å². The Hall–Kier alpha value is -1.42. The summed E-state index contributed by atoms with van der Waals surface area (Å²) in [6, 6.07) is 15.3. The fraction of sp³-hybridized carbons (Fsp3) is 0.444. The van der Waals surface area contributed by atoms with Crippen LogP contribution in [0, 0.1) is 0 Å². The Bertz CT molecular complexity index is 561. The lowest BCUT2D eigenvalue weighted by molar-refractivity contribution is 0.237. The van der Waals surface area contributed by atoms with Crippen molar-refractivity contribution in [3.8, 4) is 0 Å². The van der Waals surface area contributed by atoms with E-state index < -0.39 is 0 Å². The third kappa shape index (κ3) is 4.27. The Morgan fingerprint density at radius 3 is 2.67 bits per heavy atom. The second-order valence-electron chi connectivity index (χ2n) is 5.80. The van der Waals surface area contributed by atoms with Gasteiger partial charge in [0.05, 0.1) is 0 Å². The van der Waals surface area contributed by atoms with Crippen molar-refractivity contribution in [3.63, 3.8) is 0 Å². The van der Waals surface area contributed by atoms with Crippen molar-refractivity contribution >= 4 is 10.8 Å². The third-order valence-corrected chi connectivity index (χ3v) is 4.18. The summed E-state index contributed by atoms with van der Waals surface area (Å²) in [5.41, 5.74) is 1.37. The summed E-state index contributed by atoms with van der Waals surface area (Å²) < 4.78 is 0. The zero-order valence-electron chi connectivity index (χ0n) is 12.6. The summed E-state index contributed by atoms with van der Waals surface area (Å²) in [6.07, 6.45) is 1.23. The molecule has 3 nitrogen and oxygen atoms in total. The maximum absolute atomic E-state index is 3.56. The zero-order chi connectivity index (χ0) is 14.3. The Labute approximate surface area is 127 Å². The predicted molar refractivity (Wildman–Crippen MR) is 89.6 cm³/mol. The molecule has 0 atom stereocenters. The molecule has 3 rings (SSSR count). The van der Waals surface area contributed by atoms with E-state index in [1.165, 1.54) is 42.4 Å². The van der Waals surface area contributed by atoms with Gasteiger partial charge in [0, 0.05) is 32.7 Å². The summed E-state index contributed by atoms with van der Waals surface area (Å²) in [7, 11) is 0. The van der Waals surface area contributed by atoms with Crippen molar-refractivity contribution in [3.05, 3.63) is 48.0 Å². The molecule has 2 N–H and O–H groups in total. The number of hydrogen-bond acceptors (Lipinski definition) is 3. The molecule has 1 heterocycles. The average molecular weight is 283 g/mol. The Morgan fingerprint density at radius 2 is 1.81 bits per heavy atom. The third-order valence-electron chi connectivity index (χ3n) is 4.18. The standard InChI is InChI=1S/C18H25N3/c1-2-5-18-14-16(6-7-17(18)4-1)15-20-8-3-11-21-12-9-19-10-13-21/h1-2,4-7,14,19-20H,3,8-13,15H2. The van der Waals surface area contributed by atoms with Crippen LogP contribution in [0.5, 0.6) is 0 Å². The van der Waals surface area contributed by atoms with Crippen molar-refractivity contribution in [2.24, 2.45) is 0 Å². The molecule has 0 bridgehead atoms. The van der Waals surface area contributed by atoms with Crippen molar-refractivity contribution < 1.29 is 0 Å². The molecule has 21 heavy (non-hydrogen) atoms. The van der Waals surface area contributed by atoms with Crippen molar-refractivity contribution in [1.29, 1.82) is 0 Å². The topological polar surface area (TPSA) is 27.3 Å². The van der Waals surface area contributed by atoms with Gasteiger partial charge < -0.3 is 15.5 Å². The number of piperazine rings is 1. The fourth-order valence-electron chi connectivity index (χ4n) is 2.94. The van der Waals surface area contributed by atoms with E-state index in [-0.39, 0.29) is 0 Å². The second-order valence-corrected chi connectivity index (χ2v) is 5.80. The van der Waals surface area contributed by atoms with Gasteiger partial charge in [0.2, 0.25) is 0 Å². The highest BCUT2D eigenvalue weighted by Gasteiger charge is 2.07. The molecule has 1 aliphatic heterocycles. The van der Waals surface area contributed by atoms with E-state index in [0.29, 0.717) is 0 Å². The van der Waals surface area contributed by atoms with E-state index >= 15 is 0 Å². The summed E-state index contributed by atoms with van der Waals surface area (Å²) in [5.74, 6) is 0. The lowest BCUT2D eigenvalue weighted by Gasteiger charge is -2.27. The van der Waals surface area contributed by atoms with Gasteiger partial charge in [-0.2, -0.15) is 0 Å². The Balaban J connectivity index is 1.39. The first-order valence-corrected chi connectivity index (χ1v) is 8.03. The van der Waals surface area contributed by atoms with Gasteiger partial charge >= 0.3 is 0 Å². The quantitative estimate of drug-likeness (QED) is 0.796. The first-order valence-electron chi connectivity index (χ1n) is 8.03. The van der Waals surface area contributed by atoms with E-state index in [1.807, 2.05) is 0 Å². The fourth-order valence-corrected chi connectivity index (χ4v) is 2.94. The van der Waals surface area contributed by atoms with Crippen LogP contribution in [0.3, 0.4) is 0 Å². The SMILES string of the molecule is c1ccc2cc(CNCCCN3CCNCC3)ccc2c1. The monoisotopic (exact) mass is 283 g/mol. The molecule has 3 heteroatoms. The van der Waals surface area contributed by atoms with Crippen LogP contribution in [-0.2, 0) is 6.54 Å². The van der Waals surface area contributed by atoms with Crippen LogP contribution in [0.2, 0.25) is 0 Å². The number of nitrogens with zero attached hydrogens (tertiary/aromatic N) is 1. The molecule has 2 aromatic rings. The van der Waals surface area contributed by atoms with Gasteiger partial charge in [0.25, 0.3) is 0 Å². The Kier molecular flexibility index (Phi) is 5.22. The molecule has 0 aliphatic carbocycles. The minimum Gasteiger partial charge on any atom is -0.314 e. The van der Waals surface area contributed by atoms with Crippen LogP contribution in [0.4, 0.5) is 0 Å². The summed E-state index contributed by atoms with van der Waals surface area (Å²) >= 11 is 0. The van der Waals surface area contributed by atoms with Crippen molar-refractivity contribution in [2.45, 2.75) is 13.0 Å². The lowest BCUT2D eigenvalue weighted by Crippen LogP contribution is -2.44. The van der Waals surface area contributed by atoms with Crippen LogP contribution in [0.15, 0.2) is 42.5 Å². The van der Waals surface area contributed by atoms with Gasteiger partial charge in [-0.3, -0.25) is 0 Å². The predicted octanol–water partition coefficient (Wildman–Crippen LogP) is 2.22. The zero-order valence-corrected chi connectivity index (χ0v) is 12.6. The van der Waals surface area contributed by atoms with Crippen LogP contribution in [0.25, 0.3) is 10.8 Å². The van der Waals surface area contributed by atoms with Gasteiger partial charge in [0.1, 0.15) is 0 Å². The highest BCUT2D eigenvalue weighted by Crippen LogP contribution is 2.15. The van der Waals surface area contributed by atoms with Crippen molar-refractivity contribution in [2.75, 3.05) is 39.3 Å². The molecular weight excluding hydrogens is 258 g/mol. The molecular formula is C18H25N3. The molecule has 0 aromatic heterocycles. The molecule has 0 spiro atoms. The van der Waals surface area contributed by atoms with Gasteiger partial charge in [-0.1, -0.05) is 36.4 Å². The molecule has 1 aliphatic rings. The van der Waals surface area contributed by atoms with Gasteiger partial charge in [-0.15, -0.1) is 0 Å². The van der Waals surface area contributed by atoms with E-state index in [4.69, 9.17) is 0 Å². The van der Waals surface area contributed by atoms with Crippen LogP contribution in [-0.4, -0.2) is 44.2 Å². The first kappa shape index (κ1) is 14.5. The second kappa shape index (κ2) is 7.55. The summed E-state index contributed by atoms with van der Waals surface area (Å²) in [5, 5.41) is 9.61. The number of fused-ring (bicyclic) bond motifs is 1. The normalized spacial score (nSPS) is 16.4.